The predicted octanol–water partition coefficient (Wildman–Crippen LogP) is 1.18. The van der Waals surface area contributed by atoms with E-state index in [4.69, 9.17) is 0 Å². The number of amides is 2. The van der Waals surface area contributed by atoms with Crippen molar-refractivity contribution in [2.24, 2.45) is 5.92 Å². The van der Waals surface area contributed by atoms with Crippen molar-refractivity contribution in [3.8, 4) is 0 Å². The van der Waals surface area contributed by atoms with Crippen LogP contribution in [0.4, 0.5) is 0 Å². The molecule has 0 fully saturated rings. The van der Waals surface area contributed by atoms with Crippen LogP contribution in [0.15, 0.2) is 42.9 Å². The van der Waals surface area contributed by atoms with Gasteiger partial charge in [0.25, 0.3) is 0 Å². The van der Waals surface area contributed by atoms with Crippen molar-refractivity contribution in [3.63, 3.8) is 0 Å². The van der Waals surface area contributed by atoms with E-state index in [0.29, 0.717) is 26.2 Å². The van der Waals surface area contributed by atoms with Crippen molar-refractivity contribution in [1.29, 1.82) is 0 Å². The molecule has 6 nitrogen and oxygen atoms in total. The lowest BCUT2D eigenvalue weighted by molar-refractivity contribution is -0.132. The summed E-state index contributed by atoms with van der Waals surface area (Å²) >= 11 is 0. The van der Waals surface area contributed by atoms with Gasteiger partial charge in [0.2, 0.25) is 11.8 Å². The first-order chi connectivity index (χ1) is 11.1. The van der Waals surface area contributed by atoms with Gasteiger partial charge in [-0.15, -0.1) is 0 Å². The molecule has 0 bridgehead atoms. The number of fused-ring (bicyclic) bond motifs is 1. The molecule has 2 aromatic heterocycles. The standard InChI is InChI=1S/C17H20N4O2/c1-13(22)21-11-15(10-20-7-3-5-16(20)12-21)17(23)19-9-14-4-2-6-18-8-14/h2-8,15H,9-12H2,1H3,(H,19,23)/t15-/m0/s1. The van der Waals surface area contributed by atoms with E-state index in [-0.39, 0.29) is 17.7 Å². The summed E-state index contributed by atoms with van der Waals surface area (Å²) in [5, 5.41) is 2.95. The molecule has 0 radical (unpaired) electrons. The molecule has 1 atom stereocenters. The van der Waals surface area contributed by atoms with Gasteiger partial charge in [-0.3, -0.25) is 14.6 Å². The summed E-state index contributed by atoms with van der Waals surface area (Å²) in [6, 6.07) is 7.71. The van der Waals surface area contributed by atoms with Crippen LogP contribution < -0.4 is 5.32 Å². The van der Waals surface area contributed by atoms with Crippen LogP contribution in [-0.2, 0) is 29.2 Å². The molecule has 2 aromatic rings. The molecule has 0 saturated heterocycles. The minimum Gasteiger partial charge on any atom is -0.352 e. The number of hydrogen-bond acceptors (Lipinski definition) is 3. The van der Waals surface area contributed by atoms with Gasteiger partial charge in [-0.2, -0.15) is 0 Å². The molecule has 1 N–H and O–H groups in total. The van der Waals surface area contributed by atoms with E-state index in [1.807, 2.05) is 30.5 Å². The van der Waals surface area contributed by atoms with Crippen LogP contribution in [0.3, 0.4) is 0 Å². The smallest absolute Gasteiger partial charge is 0.226 e. The Morgan fingerprint density at radius 2 is 2.17 bits per heavy atom. The summed E-state index contributed by atoms with van der Waals surface area (Å²) in [6.07, 6.45) is 5.40. The molecule has 0 unspecified atom stereocenters. The Kier molecular flexibility index (Phi) is 4.41. The van der Waals surface area contributed by atoms with E-state index >= 15 is 0 Å². The van der Waals surface area contributed by atoms with E-state index in [1.165, 1.54) is 0 Å². The van der Waals surface area contributed by atoms with Crippen molar-refractivity contribution in [1.82, 2.24) is 19.8 Å². The molecule has 0 aromatic carbocycles. The minimum absolute atomic E-state index is 0.00953. The highest BCUT2D eigenvalue weighted by Crippen LogP contribution is 2.17. The van der Waals surface area contributed by atoms with Crippen LogP contribution in [0, 0.1) is 5.92 Å². The Balaban J connectivity index is 1.70. The van der Waals surface area contributed by atoms with Crippen molar-refractivity contribution in [2.45, 2.75) is 26.6 Å². The minimum atomic E-state index is -0.260. The number of rotatable bonds is 3. The summed E-state index contributed by atoms with van der Waals surface area (Å²) in [5.74, 6) is -0.310. The van der Waals surface area contributed by atoms with Gasteiger partial charge in [0.15, 0.2) is 0 Å². The Morgan fingerprint density at radius 1 is 1.30 bits per heavy atom. The van der Waals surface area contributed by atoms with Crippen molar-refractivity contribution < 1.29 is 9.59 Å². The van der Waals surface area contributed by atoms with Crippen molar-refractivity contribution >= 4 is 11.8 Å². The highest BCUT2D eigenvalue weighted by Gasteiger charge is 2.27. The van der Waals surface area contributed by atoms with E-state index in [0.717, 1.165) is 11.3 Å². The first-order valence-electron chi connectivity index (χ1n) is 7.69. The Labute approximate surface area is 135 Å². The Bertz CT molecular complexity index is 696. The lowest BCUT2D eigenvalue weighted by Crippen LogP contribution is -2.40. The van der Waals surface area contributed by atoms with Crippen LogP contribution in [-0.4, -0.2) is 32.8 Å². The first kappa shape index (κ1) is 15.3. The SMILES string of the molecule is CC(=O)N1Cc2cccn2C[C@H](C(=O)NCc2cccnc2)C1. The van der Waals surface area contributed by atoms with Gasteiger partial charge in [-0.1, -0.05) is 6.07 Å². The van der Waals surface area contributed by atoms with Gasteiger partial charge in [-0.25, -0.2) is 0 Å². The van der Waals surface area contributed by atoms with E-state index in [1.54, 1.807) is 24.2 Å². The van der Waals surface area contributed by atoms with Gasteiger partial charge in [-0.05, 0) is 23.8 Å². The monoisotopic (exact) mass is 312 g/mol. The molecule has 6 heteroatoms. The van der Waals surface area contributed by atoms with Crippen LogP contribution in [0.2, 0.25) is 0 Å². The molecule has 1 aliphatic heterocycles. The maximum Gasteiger partial charge on any atom is 0.226 e. The molecule has 0 spiro atoms. The molecule has 0 saturated carbocycles. The second-order valence-electron chi connectivity index (χ2n) is 5.83. The van der Waals surface area contributed by atoms with Gasteiger partial charge in [0, 0.05) is 50.8 Å². The highest BCUT2D eigenvalue weighted by atomic mass is 16.2. The molecule has 1 aliphatic rings. The number of hydrogen-bond donors (Lipinski definition) is 1. The van der Waals surface area contributed by atoms with Gasteiger partial charge >= 0.3 is 0 Å². The van der Waals surface area contributed by atoms with Crippen LogP contribution in [0.25, 0.3) is 0 Å². The molecule has 2 amide bonds. The molecule has 120 valence electrons. The van der Waals surface area contributed by atoms with Crippen molar-refractivity contribution in [2.75, 3.05) is 6.54 Å². The average Bonchev–Trinajstić information content (AvgIpc) is 2.90. The number of nitrogens with one attached hydrogen (secondary N) is 1. The normalized spacial score (nSPS) is 17.3. The zero-order valence-electron chi connectivity index (χ0n) is 13.1. The molecule has 3 heterocycles. The van der Waals surface area contributed by atoms with Gasteiger partial charge < -0.3 is 14.8 Å². The van der Waals surface area contributed by atoms with E-state index in [9.17, 15) is 9.59 Å². The van der Waals surface area contributed by atoms with E-state index in [2.05, 4.69) is 14.9 Å². The van der Waals surface area contributed by atoms with Crippen LogP contribution in [0.5, 0.6) is 0 Å². The third-order valence-corrected chi connectivity index (χ3v) is 4.14. The summed E-state index contributed by atoms with van der Waals surface area (Å²) in [4.78, 5) is 30.1. The number of carbonyl (C=O) groups excluding carboxylic acids is 2. The van der Waals surface area contributed by atoms with E-state index < -0.39 is 0 Å². The summed E-state index contributed by atoms with van der Waals surface area (Å²) in [6.45, 7) is 3.57. The number of carbonyl (C=O) groups is 2. The third-order valence-electron chi connectivity index (χ3n) is 4.14. The van der Waals surface area contributed by atoms with Crippen LogP contribution in [0.1, 0.15) is 18.2 Å². The largest absolute Gasteiger partial charge is 0.352 e. The fourth-order valence-corrected chi connectivity index (χ4v) is 2.83. The summed E-state index contributed by atoms with van der Waals surface area (Å²) in [7, 11) is 0. The molecule has 3 rings (SSSR count). The molecule has 23 heavy (non-hydrogen) atoms. The fourth-order valence-electron chi connectivity index (χ4n) is 2.83. The zero-order valence-corrected chi connectivity index (χ0v) is 13.1. The number of aromatic nitrogens is 2. The van der Waals surface area contributed by atoms with Crippen LogP contribution >= 0.6 is 0 Å². The quantitative estimate of drug-likeness (QED) is 0.925. The second kappa shape index (κ2) is 6.64. The summed E-state index contributed by atoms with van der Waals surface area (Å²) in [5.41, 5.74) is 2.02. The average molecular weight is 312 g/mol. The topological polar surface area (TPSA) is 67.2 Å². The molecular formula is C17H20N4O2. The maximum atomic E-state index is 12.5. The number of pyridine rings is 1. The lowest BCUT2D eigenvalue weighted by atomic mass is 10.1. The highest BCUT2D eigenvalue weighted by molar-refractivity contribution is 5.80. The predicted molar refractivity (Wildman–Crippen MR) is 85.1 cm³/mol. The fraction of sp³-hybridized carbons (Fsp3) is 0.353. The molecular weight excluding hydrogens is 292 g/mol. The Hall–Kier alpha value is -2.63. The zero-order chi connectivity index (χ0) is 16.2. The second-order valence-corrected chi connectivity index (χ2v) is 5.83. The maximum absolute atomic E-state index is 12.5. The van der Waals surface area contributed by atoms with Crippen molar-refractivity contribution in [3.05, 3.63) is 54.1 Å². The first-order valence-corrected chi connectivity index (χ1v) is 7.69. The van der Waals surface area contributed by atoms with Gasteiger partial charge in [0.1, 0.15) is 0 Å². The lowest BCUT2D eigenvalue weighted by Gasteiger charge is -2.22. The number of nitrogens with zero attached hydrogens (tertiary/aromatic N) is 3. The molecule has 0 aliphatic carbocycles. The Morgan fingerprint density at radius 3 is 2.91 bits per heavy atom. The van der Waals surface area contributed by atoms with Gasteiger partial charge in [0.05, 0.1) is 12.5 Å². The third kappa shape index (κ3) is 3.59. The summed E-state index contributed by atoms with van der Waals surface area (Å²) < 4.78 is 2.05.